The van der Waals surface area contributed by atoms with E-state index in [2.05, 4.69) is 0 Å². The highest BCUT2D eigenvalue weighted by atomic mass is 19.2. The molecule has 5 nitrogen and oxygen atoms in total. The number of amides is 1. The van der Waals surface area contributed by atoms with Crippen molar-refractivity contribution >= 4 is 11.9 Å². The number of carboxylic acid groups (broad SMARTS) is 1. The van der Waals surface area contributed by atoms with Crippen LogP contribution in [0.5, 0.6) is 0 Å². The van der Waals surface area contributed by atoms with Crippen LogP contribution < -0.4 is 0 Å². The Balaban J connectivity index is 2.03. The van der Waals surface area contributed by atoms with Gasteiger partial charge in [-0.1, -0.05) is 6.07 Å². The van der Waals surface area contributed by atoms with Gasteiger partial charge in [-0.15, -0.1) is 0 Å². The largest absolute Gasteiger partial charge is 0.480 e. The van der Waals surface area contributed by atoms with E-state index in [1.807, 2.05) is 0 Å². The normalized spacial score (nSPS) is 19.6. The van der Waals surface area contributed by atoms with Crippen LogP contribution >= 0.6 is 0 Å². The zero-order valence-electron chi connectivity index (χ0n) is 13.1. The number of carboxylic acids is 1. The van der Waals surface area contributed by atoms with Crippen molar-refractivity contribution in [3.63, 3.8) is 0 Å². The van der Waals surface area contributed by atoms with Gasteiger partial charge in [0.2, 0.25) is 5.91 Å². The number of rotatable bonds is 5. The van der Waals surface area contributed by atoms with Gasteiger partial charge in [0.25, 0.3) is 0 Å². The fourth-order valence-electron chi connectivity index (χ4n) is 2.79. The highest BCUT2D eigenvalue weighted by molar-refractivity contribution is 5.80. The third kappa shape index (κ3) is 3.85. The zero-order valence-corrected chi connectivity index (χ0v) is 13.1. The second-order valence-electron chi connectivity index (χ2n) is 5.82. The second kappa shape index (κ2) is 7.04. The molecule has 1 fully saturated rings. The van der Waals surface area contributed by atoms with Crippen LogP contribution in [0.25, 0.3) is 0 Å². The standard InChI is InChI=1S/C16H20F2N2O3/c1-10(11-5-6-12(17)13(18)8-11)19(2)15(21)9-20-7-3-4-14(20)16(22)23/h5-6,8,10,14H,3-4,7,9H2,1-2H3,(H,22,23). The van der Waals surface area contributed by atoms with E-state index in [1.54, 1.807) is 18.9 Å². The van der Waals surface area contributed by atoms with Crippen LogP contribution in [0.4, 0.5) is 8.78 Å². The summed E-state index contributed by atoms with van der Waals surface area (Å²) < 4.78 is 26.3. The van der Waals surface area contributed by atoms with Crippen LogP contribution in [0.2, 0.25) is 0 Å². The Morgan fingerprint density at radius 2 is 2.09 bits per heavy atom. The van der Waals surface area contributed by atoms with Gasteiger partial charge in [0, 0.05) is 7.05 Å². The Labute approximate surface area is 133 Å². The van der Waals surface area contributed by atoms with Crippen LogP contribution in [0.15, 0.2) is 18.2 Å². The van der Waals surface area contributed by atoms with Gasteiger partial charge in [-0.25, -0.2) is 8.78 Å². The Kier molecular flexibility index (Phi) is 5.30. The molecule has 0 saturated carbocycles. The van der Waals surface area contributed by atoms with Crippen molar-refractivity contribution in [1.29, 1.82) is 0 Å². The van der Waals surface area contributed by atoms with E-state index in [0.29, 0.717) is 18.5 Å². The van der Waals surface area contributed by atoms with Crippen LogP contribution in [0.1, 0.15) is 31.4 Å². The molecule has 1 amide bonds. The number of carbonyl (C=O) groups is 2. The number of hydrogen-bond donors (Lipinski definition) is 1. The van der Waals surface area contributed by atoms with Gasteiger partial charge in [-0.2, -0.15) is 0 Å². The molecule has 0 bridgehead atoms. The topological polar surface area (TPSA) is 60.9 Å². The maximum Gasteiger partial charge on any atom is 0.320 e. The summed E-state index contributed by atoms with van der Waals surface area (Å²) in [5, 5.41) is 9.14. The molecular weight excluding hydrogens is 306 g/mol. The van der Waals surface area contributed by atoms with E-state index in [9.17, 15) is 18.4 Å². The van der Waals surface area contributed by atoms with Gasteiger partial charge < -0.3 is 10.0 Å². The summed E-state index contributed by atoms with van der Waals surface area (Å²) in [6.07, 6.45) is 1.28. The number of carbonyl (C=O) groups excluding carboxylic acids is 1. The molecule has 2 unspecified atom stereocenters. The molecule has 1 aliphatic heterocycles. The van der Waals surface area contributed by atoms with Crippen molar-refractivity contribution in [1.82, 2.24) is 9.80 Å². The molecule has 1 N–H and O–H groups in total. The van der Waals surface area contributed by atoms with Crippen LogP contribution in [0.3, 0.4) is 0 Å². The minimum atomic E-state index is -0.958. The first kappa shape index (κ1) is 17.3. The highest BCUT2D eigenvalue weighted by Gasteiger charge is 2.32. The zero-order chi connectivity index (χ0) is 17.1. The molecule has 1 aromatic carbocycles. The van der Waals surface area contributed by atoms with Gasteiger partial charge >= 0.3 is 5.97 Å². The minimum Gasteiger partial charge on any atom is -0.480 e. The van der Waals surface area contributed by atoms with E-state index in [4.69, 9.17) is 5.11 Å². The lowest BCUT2D eigenvalue weighted by molar-refractivity contribution is -0.143. The van der Waals surface area contributed by atoms with Crippen LogP contribution in [-0.4, -0.2) is 53.0 Å². The predicted molar refractivity (Wildman–Crippen MR) is 79.8 cm³/mol. The Morgan fingerprint density at radius 1 is 1.39 bits per heavy atom. The molecule has 23 heavy (non-hydrogen) atoms. The van der Waals surface area contributed by atoms with Gasteiger partial charge in [-0.05, 0) is 44.0 Å². The molecule has 2 atom stereocenters. The number of nitrogens with zero attached hydrogens (tertiary/aromatic N) is 2. The predicted octanol–water partition coefficient (Wildman–Crippen LogP) is 2.03. The maximum absolute atomic E-state index is 13.3. The molecule has 126 valence electrons. The average molecular weight is 326 g/mol. The molecule has 7 heteroatoms. The molecule has 1 aliphatic rings. The van der Waals surface area contributed by atoms with Crippen molar-refractivity contribution in [2.75, 3.05) is 20.1 Å². The van der Waals surface area contributed by atoms with Crippen LogP contribution in [0, 0.1) is 11.6 Å². The third-order valence-corrected chi connectivity index (χ3v) is 4.39. The first-order valence-electron chi connectivity index (χ1n) is 7.48. The monoisotopic (exact) mass is 326 g/mol. The van der Waals surface area contributed by atoms with Gasteiger partial charge in [0.15, 0.2) is 11.6 Å². The lowest BCUT2D eigenvalue weighted by Crippen LogP contribution is -2.44. The number of likely N-dealkylation sites (N-methyl/N-ethyl adjacent to an activating group) is 1. The van der Waals surface area contributed by atoms with Crippen molar-refractivity contribution in [3.8, 4) is 0 Å². The Morgan fingerprint density at radius 3 is 2.70 bits per heavy atom. The smallest absolute Gasteiger partial charge is 0.320 e. The summed E-state index contributed by atoms with van der Waals surface area (Å²) in [5.74, 6) is -3.07. The summed E-state index contributed by atoms with van der Waals surface area (Å²) in [6, 6.07) is 2.46. The lowest BCUT2D eigenvalue weighted by atomic mass is 10.1. The van der Waals surface area contributed by atoms with Crippen molar-refractivity contribution < 1.29 is 23.5 Å². The Bertz CT molecular complexity index is 609. The summed E-state index contributed by atoms with van der Waals surface area (Å²) in [5.41, 5.74) is 0.482. The van der Waals surface area contributed by atoms with Crippen molar-refractivity contribution in [3.05, 3.63) is 35.4 Å². The third-order valence-electron chi connectivity index (χ3n) is 4.39. The van der Waals surface area contributed by atoms with E-state index < -0.39 is 29.7 Å². The molecule has 0 aliphatic carbocycles. The second-order valence-corrected chi connectivity index (χ2v) is 5.82. The fraction of sp³-hybridized carbons (Fsp3) is 0.500. The minimum absolute atomic E-state index is 0.00147. The number of hydrogen-bond acceptors (Lipinski definition) is 3. The Hall–Kier alpha value is -2.02. The first-order chi connectivity index (χ1) is 10.8. The quantitative estimate of drug-likeness (QED) is 0.899. The molecule has 0 spiro atoms. The molecule has 2 rings (SSSR count). The maximum atomic E-state index is 13.3. The summed E-state index contributed by atoms with van der Waals surface area (Å²) >= 11 is 0. The summed E-state index contributed by atoms with van der Waals surface area (Å²) in [7, 11) is 1.57. The first-order valence-corrected chi connectivity index (χ1v) is 7.48. The number of likely N-dealkylation sites (tertiary alicyclic amines) is 1. The van der Waals surface area contributed by atoms with E-state index in [1.165, 1.54) is 11.0 Å². The average Bonchev–Trinajstić information content (AvgIpc) is 2.96. The van der Waals surface area contributed by atoms with E-state index >= 15 is 0 Å². The molecular formula is C16H20F2N2O3. The van der Waals surface area contributed by atoms with Crippen molar-refractivity contribution in [2.24, 2.45) is 0 Å². The summed E-state index contributed by atoms with van der Waals surface area (Å²) in [6.45, 7) is 2.28. The highest BCUT2D eigenvalue weighted by Crippen LogP contribution is 2.22. The number of benzene rings is 1. The molecule has 1 heterocycles. The van der Waals surface area contributed by atoms with Crippen molar-refractivity contribution in [2.45, 2.75) is 31.8 Å². The van der Waals surface area contributed by atoms with Gasteiger partial charge in [-0.3, -0.25) is 14.5 Å². The summed E-state index contributed by atoms with van der Waals surface area (Å²) in [4.78, 5) is 26.6. The van der Waals surface area contributed by atoms with E-state index in [0.717, 1.165) is 18.6 Å². The number of aliphatic carboxylic acids is 1. The van der Waals surface area contributed by atoms with Gasteiger partial charge in [0.05, 0.1) is 12.6 Å². The lowest BCUT2D eigenvalue weighted by Gasteiger charge is -2.28. The molecule has 0 aromatic heterocycles. The van der Waals surface area contributed by atoms with E-state index in [-0.39, 0.29) is 12.5 Å². The molecule has 1 aromatic rings. The van der Waals surface area contributed by atoms with Gasteiger partial charge in [0.1, 0.15) is 6.04 Å². The number of halogens is 2. The van der Waals surface area contributed by atoms with Crippen LogP contribution in [-0.2, 0) is 9.59 Å². The molecule has 1 saturated heterocycles. The fourth-order valence-corrected chi connectivity index (χ4v) is 2.79. The molecule has 0 radical (unpaired) electrons. The SMILES string of the molecule is CC(c1ccc(F)c(F)c1)N(C)C(=O)CN1CCCC1C(=O)O.